The molecule has 1 aliphatic rings. The molecule has 0 spiro atoms. The van der Waals surface area contributed by atoms with Crippen molar-refractivity contribution in [1.82, 2.24) is 10.3 Å². The summed E-state index contributed by atoms with van der Waals surface area (Å²) in [6.07, 6.45) is 0. The zero-order valence-corrected chi connectivity index (χ0v) is 11.7. The Kier molecular flexibility index (Phi) is 3.08. The second-order valence-corrected chi connectivity index (χ2v) is 5.01. The molecule has 1 unspecified atom stereocenters. The molecule has 2 heterocycles. The van der Waals surface area contributed by atoms with E-state index >= 15 is 0 Å². The van der Waals surface area contributed by atoms with E-state index in [-0.39, 0.29) is 17.4 Å². The zero-order chi connectivity index (χ0) is 15.0. The van der Waals surface area contributed by atoms with Gasteiger partial charge in [-0.2, -0.15) is 5.26 Å². The van der Waals surface area contributed by atoms with Gasteiger partial charge in [-0.15, -0.1) is 0 Å². The van der Waals surface area contributed by atoms with Gasteiger partial charge < -0.3 is 22.1 Å². The predicted molar refractivity (Wildman–Crippen MR) is 85.4 cm³/mol. The van der Waals surface area contributed by atoms with E-state index in [1.807, 2.05) is 36.4 Å². The van der Waals surface area contributed by atoms with Crippen LogP contribution in [-0.4, -0.2) is 10.1 Å². The van der Waals surface area contributed by atoms with E-state index in [0.717, 1.165) is 5.56 Å². The lowest BCUT2D eigenvalue weighted by Crippen LogP contribution is -2.39. The van der Waals surface area contributed by atoms with Gasteiger partial charge in [0.1, 0.15) is 23.3 Å². The molecule has 0 radical (unpaired) electrons. The summed E-state index contributed by atoms with van der Waals surface area (Å²) >= 11 is 5.20. The maximum Gasteiger partial charge on any atom is 0.172 e. The van der Waals surface area contributed by atoms with Crippen molar-refractivity contribution in [2.45, 2.75) is 6.04 Å². The number of benzene rings is 1. The molecule has 6 N–H and O–H groups in total. The predicted octanol–water partition coefficient (Wildman–Crippen LogP) is 1.51. The number of pyridine rings is 1. The Balaban J connectivity index is 2.25. The van der Waals surface area contributed by atoms with Gasteiger partial charge in [-0.25, -0.2) is 4.98 Å². The Morgan fingerprint density at radius 3 is 2.62 bits per heavy atom. The maximum absolute atomic E-state index is 9.19. The Morgan fingerprint density at radius 1 is 1.24 bits per heavy atom. The second-order valence-electron chi connectivity index (χ2n) is 4.60. The van der Waals surface area contributed by atoms with Crippen molar-refractivity contribution in [1.29, 1.82) is 5.26 Å². The molecule has 6 nitrogen and oxygen atoms in total. The molecule has 0 saturated heterocycles. The number of nitriles is 1. The summed E-state index contributed by atoms with van der Waals surface area (Å²) in [6, 6.07) is 11.4. The molecule has 7 heteroatoms. The van der Waals surface area contributed by atoms with Crippen LogP contribution in [0.25, 0.3) is 0 Å². The van der Waals surface area contributed by atoms with Gasteiger partial charge in [-0.1, -0.05) is 30.3 Å². The summed E-state index contributed by atoms with van der Waals surface area (Å²) in [5.74, 6) is 0.583. The van der Waals surface area contributed by atoms with Crippen LogP contribution in [0.5, 0.6) is 0 Å². The zero-order valence-electron chi connectivity index (χ0n) is 10.9. The molecule has 0 amide bonds. The second kappa shape index (κ2) is 4.92. The summed E-state index contributed by atoms with van der Waals surface area (Å²) in [6.45, 7) is 0. The van der Waals surface area contributed by atoms with Crippen LogP contribution < -0.4 is 22.1 Å². The van der Waals surface area contributed by atoms with E-state index in [4.69, 9.17) is 23.7 Å². The van der Waals surface area contributed by atoms with E-state index in [0.29, 0.717) is 22.2 Å². The number of nitrogens with zero attached hydrogens (tertiary/aromatic N) is 2. The van der Waals surface area contributed by atoms with Crippen molar-refractivity contribution in [2.24, 2.45) is 0 Å². The fourth-order valence-electron chi connectivity index (χ4n) is 2.38. The lowest BCUT2D eigenvalue weighted by atomic mass is 9.95. The highest BCUT2D eigenvalue weighted by Crippen LogP contribution is 2.37. The molecule has 0 fully saturated rings. The van der Waals surface area contributed by atoms with E-state index in [9.17, 15) is 5.26 Å². The highest BCUT2D eigenvalue weighted by molar-refractivity contribution is 7.80. The normalized spacial score (nSPS) is 16.3. The molecule has 0 aliphatic carbocycles. The fourth-order valence-corrected chi connectivity index (χ4v) is 2.60. The number of thiocarbonyl (C=S) groups is 1. The van der Waals surface area contributed by atoms with Crippen molar-refractivity contribution in [3.63, 3.8) is 0 Å². The number of hydrogen-bond acceptors (Lipinski definition) is 5. The third-order valence-corrected chi connectivity index (χ3v) is 3.56. The number of hydrogen-bond donors (Lipinski definition) is 4. The summed E-state index contributed by atoms with van der Waals surface area (Å²) in [7, 11) is 0. The SMILES string of the molecule is N#Cc1c(N)nc2c(c1N)C(c1ccccc1)NC(=S)N2. The van der Waals surface area contributed by atoms with Gasteiger partial charge >= 0.3 is 0 Å². The van der Waals surface area contributed by atoms with Gasteiger partial charge in [0.15, 0.2) is 5.11 Å². The van der Waals surface area contributed by atoms with Crippen LogP contribution in [0.3, 0.4) is 0 Å². The van der Waals surface area contributed by atoms with Crippen LogP contribution in [0.15, 0.2) is 30.3 Å². The van der Waals surface area contributed by atoms with Crippen molar-refractivity contribution < 1.29 is 0 Å². The average Bonchev–Trinajstić information content (AvgIpc) is 2.47. The van der Waals surface area contributed by atoms with Crippen LogP contribution in [0.1, 0.15) is 22.7 Å². The van der Waals surface area contributed by atoms with Gasteiger partial charge in [0.2, 0.25) is 0 Å². The molecule has 0 saturated carbocycles. The Morgan fingerprint density at radius 2 is 1.95 bits per heavy atom. The van der Waals surface area contributed by atoms with Crippen LogP contribution in [-0.2, 0) is 0 Å². The Labute approximate surface area is 126 Å². The minimum absolute atomic E-state index is 0.0951. The summed E-state index contributed by atoms with van der Waals surface area (Å²) in [4.78, 5) is 4.21. The number of fused-ring (bicyclic) bond motifs is 1. The number of rotatable bonds is 1. The minimum Gasteiger partial charge on any atom is -0.397 e. The van der Waals surface area contributed by atoms with E-state index in [1.165, 1.54) is 0 Å². The average molecular weight is 296 g/mol. The largest absolute Gasteiger partial charge is 0.397 e. The van der Waals surface area contributed by atoms with Crippen molar-refractivity contribution in [2.75, 3.05) is 16.8 Å². The first-order valence-corrected chi connectivity index (χ1v) is 6.64. The smallest absolute Gasteiger partial charge is 0.172 e. The van der Waals surface area contributed by atoms with Crippen LogP contribution in [0.4, 0.5) is 17.3 Å². The van der Waals surface area contributed by atoms with Gasteiger partial charge in [0, 0.05) is 5.56 Å². The van der Waals surface area contributed by atoms with Crippen molar-refractivity contribution in [3.05, 3.63) is 47.0 Å². The van der Waals surface area contributed by atoms with Crippen LogP contribution in [0, 0.1) is 11.3 Å². The Hall–Kier alpha value is -2.85. The standard InChI is InChI=1S/C14H12N6S/c15-6-8-10(16)9-11(7-4-2-1-3-5-7)18-14(21)20-13(9)19-12(8)17/h1-5,11H,(H6,16,17,18,19,20,21). The summed E-state index contributed by atoms with van der Waals surface area (Å²) in [5.41, 5.74) is 14.1. The monoisotopic (exact) mass is 296 g/mol. The number of nitrogens with one attached hydrogen (secondary N) is 2. The van der Waals surface area contributed by atoms with Crippen LogP contribution >= 0.6 is 12.2 Å². The summed E-state index contributed by atoms with van der Waals surface area (Å²) in [5, 5.41) is 15.7. The Bertz CT molecular complexity index is 765. The third-order valence-electron chi connectivity index (χ3n) is 3.34. The van der Waals surface area contributed by atoms with Gasteiger partial charge in [0.25, 0.3) is 0 Å². The molecule has 1 aromatic carbocycles. The van der Waals surface area contributed by atoms with Gasteiger partial charge in [-0.3, -0.25) is 0 Å². The number of nitrogens with two attached hydrogens (primary N) is 2. The topological polar surface area (TPSA) is 113 Å². The molecule has 21 heavy (non-hydrogen) atoms. The molecule has 2 aromatic rings. The molecule has 0 bridgehead atoms. The first kappa shape index (κ1) is 13.1. The van der Waals surface area contributed by atoms with Crippen molar-refractivity contribution >= 4 is 34.7 Å². The lowest BCUT2D eigenvalue weighted by molar-refractivity contribution is 0.754. The molecule has 1 aromatic heterocycles. The minimum atomic E-state index is -0.268. The third kappa shape index (κ3) is 2.11. The quantitative estimate of drug-likeness (QED) is 0.590. The summed E-state index contributed by atoms with van der Waals surface area (Å²) < 4.78 is 0. The number of aromatic nitrogens is 1. The number of nitrogen functional groups attached to an aromatic ring is 2. The van der Waals surface area contributed by atoms with Crippen molar-refractivity contribution in [3.8, 4) is 6.07 Å². The van der Waals surface area contributed by atoms with E-state index < -0.39 is 0 Å². The molecule has 104 valence electrons. The molecular weight excluding hydrogens is 284 g/mol. The first-order valence-electron chi connectivity index (χ1n) is 6.23. The van der Waals surface area contributed by atoms with E-state index in [1.54, 1.807) is 0 Å². The maximum atomic E-state index is 9.19. The van der Waals surface area contributed by atoms with Gasteiger partial charge in [0.05, 0.1) is 11.7 Å². The van der Waals surface area contributed by atoms with Gasteiger partial charge in [-0.05, 0) is 17.8 Å². The molecule has 1 atom stereocenters. The first-order chi connectivity index (χ1) is 10.1. The van der Waals surface area contributed by atoms with E-state index in [2.05, 4.69) is 15.6 Å². The molecule has 1 aliphatic heterocycles. The highest BCUT2D eigenvalue weighted by atomic mass is 32.1. The fraction of sp³-hybridized carbons (Fsp3) is 0.0714. The lowest BCUT2D eigenvalue weighted by Gasteiger charge is -2.30. The number of anilines is 3. The molecule has 3 rings (SSSR count). The molecular formula is C14H12N6S. The van der Waals surface area contributed by atoms with Crippen LogP contribution in [0.2, 0.25) is 0 Å². The highest BCUT2D eigenvalue weighted by Gasteiger charge is 2.29.